The fraction of sp³-hybridized carbons (Fsp3) is 0.571. The number of hydrogen-bond acceptors (Lipinski definition) is 5. The highest BCUT2D eigenvalue weighted by atomic mass is 16.5. The first kappa shape index (κ1) is 21.1. The van der Waals surface area contributed by atoms with Crippen LogP contribution in [0.2, 0.25) is 0 Å². The number of amides is 4. The van der Waals surface area contributed by atoms with Crippen molar-refractivity contribution in [3.05, 3.63) is 29.8 Å². The maximum Gasteiger partial charge on any atom is 0.324 e. The number of ether oxygens (including phenoxy) is 2. The lowest BCUT2D eigenvalue weighted by atomic mass is 9.94. The molecular weight excluding hydrogens is 374 g/mol. The molecule has 0 aromatic heterocycles. The zero-order valence-corrected chi connectivity index (χ0v) is 17.2. The van der Waals surface area contributed by atoms with Gasteiger partial charge in [0.15, 0.2) is 0 Å². The molecule has 8 heteroatoms. The average Bonchev–Trinajstić information content (AvgIpc) is 2.92. The summed E-state index contributed by atoms with van der Waals surface area (Å²) >= 11 is 0. The summed E-state index contributed by atoms with van der Waals surface area (Å²) in [4.78, 5) is 38.4. The zero-order chi connectivity index (χ0) is 21.0. The largest absolute Gasteiger partial charge is 0.497 e. The third kappa shape index (κ3) is 5.47. The van der Waals surface area contributed by atoms with Gasteiger partial charge in [-0.05, 0) is 50.8 Å². The van der Waals surface area contributed by atoms with Crippen LogP contribution in [0.5, 0.6) is 5.75 Å². The molecular formula is C21H29N3O5. The lowest BCUT2D eigenvalue weighted by molar-refractivity contribution is -0.131. The van der Waals surface area contributed by atoms with Crippen LogP contribution in [0.4, 0.5) is 4.79 Å². The van der Waals surface area contributed by atoms with E-state index in [0.717, 1.165) is 24.2 Å². The first-order chi connectivity index (χ1) is 13.8. The van der Waals surface area contributed by atoms with Crippen molar-refractivity contribution in [1.82, 2.24) is 15.5 Å². The van der Waals surface area contributed by atoms with E-state index in [2.05, 4.69) is 10.6 Å². The van der Waals surface area contributed by atoms with Crippen LogP contribution in [0.25, 0.3) is 0 Å². The van der Waals surface area contributed by atoms with Gasteiger partial charge in [-0.15, -0.1) is 0 Å². The normalized spacial score (nSPS) is 23.6. The van der Waals surface area contributed by atoms with Gasteiger partial charge in [0.05, 0.1) is 19.1 Å². The second-order valence-corrected chi connectivity index (χ2v) is 8.16. The molecule has 2 unspecified atom stereocenters. The SMILES string of the molecule is COc1ccc(CCN2C(=O)NC(CC(=O)NC3CCOC(C)(C)C3)C2=O)cc1. The molecule has 2 heterocycles. The van der Waals surface area contributed by atoms with Crippen molar-refractivity contribution in [2.24, 2.45) is 0 Å². The topological polar surface area (TPSA) is 97.0 Å². The Balaban J connectivity index is 1.49. The van der Waals surface area contributed by atoms with Crippen molar-refractivity contribution in [1.29, 1.82) is 0 Å². The van der Waals surface area contributed by atoms with Crippen molar-refractivity contribution in [3.8, 4) is 5.75 Å². The number of nitrogens with one attached hydrogen (secondary N) is 2. The highest BCUT2D eigenvalue weighted by molar-refractivity contribution is 6.05. The molecule has 0 radical (unpaired) electrons. The zero-order valence-electron chi connectivity index (χ0n) is 17.2. The van der Waals surface area contributed by atoms with E-state index in [9.17, 15) is 14.4 Å². The number of nitrogens with zero attached hydrogens (tertiary/aromatic N) is 1. The second kappa shape index (κ2) is 8.82. The maximum atomic E-state index is 12.6. The molecule has 2 fully saturated rings. The maximum absolute atomic E-state index is 12.6. The predicted octanol–water partition coefficient (Wildman–Crippen LogP) is 1.62. The lowest BCUT2D eigenvalue weighted by Gasteiger charge is -2.35. The van der Waals surface area contributed by atoms with Crippen molar-refractivity contribution < 1.29 is 23.9 Å². The summed E-state index contributed by atoms with van der Waals surface area (Å²) in [6.45, 7) is 4.85. The number of carbonyl (C=O) groups excluding carboxylic acids is 3. The Morgan fingerprint density at radius 1 is 1.31 bits per heavy atom. The molecule has 1 aromatic carbocycles. The molecule has 158 valence electrons. The van der Waals surface area contributed by atoms with Gasteiger partial charge in [-0.1, -0.05) is 12.1 Å². The van der Waals surface area contributed by atoms with E-state index in [0.29, 0.717) is 13.0 Å². The van der Waals surface area contributed by atoms with Crippen molar-refractivity contribution >= 4 is 17.8 Å². The van der Waals surface area contributed by atoms with Crippen LogP contribution in [0, 0.1) is 0 Å². The van der Waals surface area contributed by atoms with E-state index >= 15 is 0 Å². The average molecular weight is 403 g/mol. The van der Waals surface area contributed by atoms with Gasteiger partial charge in [-0.25, -0.2) is 4.79 Å². The molecule has 0 spiro atoms. The minimum absolute atomic E-state index is 0.0182. The minimum Gasteiger partial charge on any atom is -0.497 e. The summed E-state index contributed by atoms with van der Waals surface area (Å²) in [7, 11) is 1.60. The fourth-order valence-corrected chi connectivity index (χ4v) is 3.79. The first-order valence-corrected chi connectivity index (χ1v) is 9.95. The Bertz CT molecular complexity index is 762. The van der Waals surface area contributed by atoms with Crippen LogP contribution in [0.15, 0.2) is 24.3 Å². The molecule has 1 aromatic rings. The predicted molar refractivity (Wildman–Crippen MR) is 107 cm³/mol. The standard InChI is InChI=1S/C21H29N3O5/c1-21(2)13-15(9-11-29-21)22-18(25)12-17-19(26)24(20(27)23-17)10-8-14-4-6-16(28-3)7-5-14/h4-7,15,17H,8-13H2,1-3H3,(H,22,25)(H,23,27). The molecule has 0 bridgehead atoms. The van der Waals surface area contributed by atoms with Crippen molar-refractivity contribution in [3.63, 3.8) is 0 Å². The summed E-state index contributed by atoms with van der Waals surface area (Å²) in [5.74, 6) is 0.164. The molecule has 2 N–H and O–H groups in total. The molecule has 2 aliphatic rings. The van der Waals surface area contributed by atoms with Gasteiger partial charge in [0.1, 0.15) is 11.8 Å². The van der Waals surface area contributed by atoms with E-state index in [1.54, 1.807) is 7.11 Å². The summed E-state index contributed by atoms with van der Waals surface area (Å²) in [6.07, 6.45) is 1.95. The summed E-state index contributed by atoms with van der Waals surface area (Å²) in [6, 6.07) is 6.23. The second-order valence-electron chi connectivity index (χ2n) is 8.16. The number of rotatable bonds is 7. The summed E-state index contributed by atoms with van der Waals surface area (Å²) in [5, 5.41) is 5.59. The van der Waals surface area contributed by atoms with Crippen LogP contribution < -0.4 is 15.4 Å². The number of benzene rings is 1. The highest BCUT2D eigenvalue weighted by Gasteiger charge is 2.39. The van der Waals surface area contributed by atoms with Crippen LogP contribution in [0.1, 0.15) is 38.7 Å². The van der Waals surface area contributed by atoms with E-state index in [-0.39, 0.29) is 36.4 Å². The third-order valence-corrected chi connectivity index (χ3v) is 5.34. The van der Waals surface area contributed by atoms with Gasteiger partial charge in [0, 0.05) is 19.2 Å². The number of carbonyl (C=O) groups is 3. The minimum atomic E-state index is -0.814. The monoisotopic (exact) mass is 403 g/mol. The quantitative estimate of drug-likeness (QED) is 0.675. The summed E-state index contributed by atoms with van der Waals surface area (Å²) in [5.41, 5.74) is 0.723. The van der Waals surface area contributed by atoms with E-state index in [1.165, 1.54) is 4.90 Å². The Morgan fingerprint density at radius 3 is 2.69 bits per heavy atom. The molecule has 2 aliphatic heterocycles. The Morgan fingerprint density at radius 2 is 2.03 bits per heavy atom. The molecule has 4 amide bonds. The van der Waals surface area contributed by atoms with E-state index in [4.69, 9.17) is 9.47 Å². The highest BCUT2D eigenvalue weighted by Crippen LogP contribution is 2.24. The number of urea groups is 1. The Labute approximate surface area is 170 Å². The van der Waals surface area contributed by atoms with Crippen LogP contribution in [0.3, 0.4) is 0 Å². The fourth-order valence-electron chi connectivity index (χ4n) is 3.79. The van der Waals surface area contributed by atoms with E-state index in [1.807, 2.05) is 38.1 Å². The van der Waals surface area contributed by atoms with Crippen LogP contribution >= 0.6 is 0 Å². The molecule has 2 atom stereocenters. The van der Waals surface area contributed by atoms with Gasteiger partial charge in [-0.3, -0.25) is 14.5 Å². The molecule has 3 rings (SSSR count). The Kier molecular flexibility index (Phi) is 6.42. The van der Waals surface area contributed by atoms with Gasteiger partial charge in [0.2, 0.25) is 5.91 Å². The number of methoxy groups -OCH3 is 1. The molecule has 2 saturated heterocycles. The van der Waals surface area contributed by atoms with Gasteiger partial charge in [0.25, 0.3) is 5.91 Å². The summed E-state index contributed by atoms with van der Waals surface area (Å²) < 4.78 is 10.8. The van der Waals surface area contributed by atoms with Crippen LogP contribution in [-0.4, -0.2) is 60.7 Å². The van der Waals surface area contributed by atoms with Gasteiger partial charge in [-0.2, -0.15) is 0 Å². The molecule has 8 nitrogen and oxygen atoms in total. The Hall–Kier alpha value is -2.61. The van der Waals surface area contributed by atoms with Gasteiger partial charge < -0.3 is 20.1 Å². The third-order valence-electron chi connectivity index (χ3n) is 5.34. The smallest absolute Gasteiger partial charge is 0.324 e. The van der Waals surface area contributed by atoms with Crippen molar-refractivity contribution in [2.75, 3.05) is 20.3 Å². The first-order valence-electron chi connectivity index (χ1n) is 9.95. The van der Waals surface area contributed by atoms with Crippen LogP contribution in [-0.2, 0) is 20.7 Å². The number of hydrogen-bond donors (Lipinski definition) is 2. The molecule has 29 heavy (non-hydrogen) atoms. The lowest BCUT2D eigenvalue weighted by Crippen LogP contribution is -2.47. The molecule has 0 saturated carbocycles. The molecule has 0 aliphatic carbocycles. The van der Waals surface area contributed by atoms with Crippen molar-refractivity contribution in [2.45, 2.75) is 57.2 Å². The van der Waals surface area contributed by atoms with E-state index < -0.39 is 12.1 Å². The van der Waals surface area contributed by atoms with Gasteiger partial charge >= 0.3 is 6.03 Å². The number of imide groups is 1.